The molecule has 0 aliphatic carbocycles. The highest BCUT2D eigenvalue weighted by atomic mass is 35.5. The third kappa shape index (κ3) is 1.36. The number of hydrogen-bond acceptors (Lipinski definition) is 3. The molecule has 4 heteroatoms. The second-order valence-electron chi connectivity index (χ2n) is 1.72. The number of pyridine rings is 1. The number of anilines is 1. The molecule has 1 aromatic rings. The maximum Gasteiger partial charge on any atom is 0.153 e. The summed E-state index contributed by atoms with van der Waals surface area (Å²) in [7, 11) is 0. The minimum Gasteiger partial charge on any atom is -0.395 e. The first kappa shape index (κ1) is 7.69. The monoisotopic (exact) mass is 174 g/mol. The van der Waals surface area contributed by atoms with Gasteiger partial charge in [-0.1, -0.05) is 11.6 Å². The standard InChI is InChI=1S/C6H7ClN2S/c1-10-4-2-3-9-6(7)5(4)8/h2-3H,8H2,1H3. The van der Waals surface area contributed by atoms with Crippen LogP contribution in [0.2, 0.25) is 5.15 Å². The first-order valence-electron chi connectivity index (χ1n) is 2.69. The molecule has 0 radical (unpaired) electrons. The zero-order valence-electron chi connectivity index (χ0n) is 5.47. The Morgan fingerprint density at radius 3 is 2.90 bits per heavy atom. The van der Waals surface area contributed by atoms with E-state index in [-0.39, 0.29) is 0 Å². The Hall–Kier alpha value is -0.410. The van der Waals surface area contributed by atoms with E-state index in [0.29, 0.717) is 10.8 Å². The van der Waals surface area contributed by atoms with Crippen LogP contribution in [0.15, 0.2) is 17.2 Å². The fourth-order valence-electron chi connectivity index (χ4n) is 0.609. The Labute approximate surface area is 68.8 Å². The van der Waals surface area contributed by atoms with E-state index < -0.39 is 0 Å². The first-order chi connectivity index (χ1) is 4.75. The van der Waals surface area contributed by atoms with Crippen LogP contribution < -0.4 is 5.73 Å². The van der Waals surface area contributed by atoms with Gasteiger partial charge in [0, 0.05) is 11.1 Å². The van der Waals surface area contributed by atoms with Gasteiger partial charge in [-0.05, 0) is 12.3 Å². The normalized spacial score (nSPS) is 9.80. The zero-order valence-corrected chi connectivity index (χ0v) is 7.04. The van der Waals surface area contributed by atoms with Crippen molar-refractivity contribution < 1.29 is 0 Å². The zero-order chi connectivity index (χ0) is 7.56. The maximum atomic E-state index is 5.64. The molecule has 0 bridgehead atoms. The van der Waals surface area contributed by atoms with Crippen molar-refractivity contribution in [1.29, 1.82) is 0 Å². The number of nitrogen functional groups attached to an aromatic ring is 1. The lowest BCUT2D eigenvalue weighted by atomic mass is 10.4. The summed E-state index contributed by atoms with van der Waals surface area (Å²) >= 11 is 7.20. The van der Waals surface area contributed by atoms with Crippen molar-refractivity contribution in [2.24, 2.45) is 0 Å². The largest absolute Gasteiger partial charge is 0.395 e. The molecule has 0 aliphatic heterocycles. The highest BCUT2D eigenvalue weighted by Crippen LogP contribution is 2.26. The molecule has 1 heterocycles. The van der Waals surface area contributed by atoms with Crippen molar-refractivity contribution >= 4 is 29.1 Å². The average molecular weight is 175 g/mol. The van der Waals surface area contributed by atoms with Gasteiger partial charge in [0.1, 0.15) is 0 Å². The van der Waals surface area contributed by atoms with Crippen molar-refractivity contribution in [3.05, 3.63) is 17.4 Å². The minimum absolute atomic E-state index is 0.381. The van der Waals surface area contributed by atoms with Gasteiger partial charge < -0.3 is 5.73 Å². The van der Waals surface area contributed by atoms with Gasteiger partial charge in [0.2, 0.25) is 0 Å². The van der Waals surface area contributed by atoms with E-state index in [1.165, 1.54) is 0 Å². The van der Waals surface area contributed by atoms with E-state index in [1.54, 1.807) is 18.0 Å². The summed E-state index contributed by atoms with van der Waals surface area (Å²) in [5, 5.41) is 0.381. The van der Waals surface area contributed by atoms with Crippen LogP contribution in [0.1, 0.15) is 0 Å². The van der Waals surface area contributed by atoms with Gasteiger partial charge in [0.25, 0.3) is 0 Å². The minimum atomic E-state index is 0.381. The quantitative estimate of drug-likeness (QED) is 0.523. The fraction of sp³-hybridized carbons (Fsp3) is 0.167. The molecule has 0 saturated heterocycles. The molecule has 0 fully saturated rings. The molecule has 0 spiro atoms. The van der Waals surface area contributed by atoms with Crippen molar-refractivity contribution in [3.63, 3.8) is 0 Å². The van der Waals surface area contributed by atoms with E-state index in [0.717, 1.165) is 4.90 Å². The van der Waals surface area contributed by atoms with Crippen molar-refractivity contribution in [3.8, 4) is 0 Å². The summed E-state index contributed by atoms with van der Waals surface area (Å²) in [4.78, 5) is 4.79. The molecule has 0 atom stereocenters. The van der Waals surface area contributed by atoms with E-state index in [9.17, 15) is 0 Å². The average Bonchev–Trinajstić information content (AvgIpc) is 1.95. The van der Waals surface area contributed by atoms with E-state index in [4.69, 9.17) is 17.3 Å². The summed E-state index contributed by atoms with van der Waals surface area (Å²) in [5.74, 6) is 0. The van der Waals surface area contributed by atoms with Crippen LogP contribution in [0.3, 0.4) is 0 Å². The van der Waals surface area contributed by atoms with Crippen LogP contribution in [-0.2, 0) is 0 Å². The molecule has 0 saturated carbocycles. The van der Waals surface area contributed by atoms with Gasteiger partial charge in [-0.2, -0.15) is 0 Å². The van der Waals surface area contributed by atoms with Crippen LogP contribution in [0.5, 0.6) is 0 Å². The Morgan fingerprint density at radius 2 is 2.40 bits per heavy atom. The van der Waals surface area contributed by atoms with E-state index >= 15 is 0 Å². The first-order valence-corrected chi connectivity index (χ1v) is 4.30. The molecule has 0 aliphatic rings. The highest BCUT2D eigenvalue weighted by molar-refractivity contribution is 7.98. The molecule has 1 aromatic heterocycles. The third-order valence-corrected chi connectivity index (χ3v) is 2.22. The van der Waals surface area contributed by atoms with Crippen LogP contribution in [0, 0.1) is 0 Å². The predicted molar refractivity (Wildman–Crippen MR) is 45.4 cm³/mol. The lowest BCUT2D eigenvalue weighted by Gasteiger charge is -2.00. The highest BCUT2D eigenvalue weighted by Gasteiger charge is 2.00. The molecule has 0 unspecified atom stereocenters. The molecule has 1 rings (SSSR count). The van der Waals surface area contributed by atoms with Gasteiger partial charge in [-0.25, -0.2) is 4.98 Å². The predicted octanol–water partition coefficient (Wildman–Crippen LogP) is 2.04. The number of rotatable bonds is 1. The van der Waals surface area contributed by atoms with Crippen LogP contribution >= 0.6 is 23.4 Å². The molecule has 2 nitrogen and oxygen atoms in total. The summed E-state index contributed by atoms with van der Waals surface area (Å²) in [5.41, 5.74) is 6.14. The van der Waals surface area contributed by atoms with Gasteiger partial charge in [-0.3, -0.25) is 0 Å². The van der Waals surface area contributed by atoms with Gasteiger partial charge in [0.15, 0.2) is 5.15 Å². The third-order valence-electron chi connectivity index (χ3n) is 1.12. The molecular formula is C6H7ClN2S. The van der Waals surface area contributed by atoms with Crippen molar-refractivity contribution in [2.75, 3.05) is 12.0 Å². The Kier molecular flexibility index (Phi) is 2.40. The molecular weight excluding hydrogens is 168 g/mol. The van der Waals surface area contributed by atoms with E-state index in [2.05, 4.69) is 4.98 Å². The second-order valence-corrected chi connectivity index (χ2v) is 2.92. The molecule has 0 amide bonds. The molecule has 2 N–H and O–H groups in total. The van der Waals surface area contributed by atoms with Crippen molar-refractivity contribution in [1.82, 2.24) is 4.98 Å². The number of aromatic nitrogens is 1. The van der Waals surface area contributed by atoms with Gasteiger partial charge >= 0.3 is 0 Å². The summed E-state index contributed by atoms with van der Waals surface area (Å²) in [6.07, 6.45) is 3.59. The fourth-order valence-corrected chi connectivity index (χ4v) is 1.34. The van der Waals surface area contributed by atoms with Gasteiger partial charge in [-0.15, -0.1) is 11.8 Å². The molecule has 10 heavy (non-hydrogen) atoms. The van der Waals surface area contributed by atoms with Crippen molar-refractivity contribution in [2.45, 2.75) is 4.90 Å². The number of hydrogen-bond donors (Lipinski definition) is 1. The number of nitrogens with two attached hydrogens (primary N) is 1. The van der Waals surface area contributed by atoms with Gasteiger partial charge in [0.05, 0.1) is 5.69 Å². The number of thioether (sulfide) groups is 1. The Morgan fingerprint density at radius 1 is 1.70 bits per heavy atom. The summed E-state index contributed by atoms with van der Waals surface area (Å²) in [6, 6.07) is 1.84. The van der Waals surface area contributed by atoms with Crippen LogP contribution in [-0.4, -0.2) is 11.2 Å². The molecule has 0 aromatic carbocycles. The maximum absolute atomic E-state index is 5.64. The summed E-state index contributed by atoms with van der Waals surface area (Å²) < 4.78 is 0. The summed E-state index contributed by atoms with van der Waals surface area (Å²) in [6.45, 7) is 0. The molecule has 54 valence electrons. The smallest absolute Gasteiger partial charge is 0.153 e. The lowest BCUT2D eigenvalue weighted by molar-refractivity contribution is 1.27. The second kappa shape index (κ2) is 3.12. The SMILES string of the molecule is CSc1ccnc(Cl)c1N. The van der Waals surface area contributed by atoms with E-state index in [1.807, 2.05) is 12.3 Å². The Balaban J connectivity index is 3.14. The van der Waals surface area contributed by atoms with Crippen LogP contribution in [0.4, 0.5) is 5.69 Å². The number of nitrogens with zero attached hydrogens (tertiary/aromatic N) is 1. The Bertz CT molecular complexity index is 239. The van der Waals surface area contributed by atoms with Crippen LogP contribution in [0.25, 0.3) is 0 Å². The topological polar surface area (TPSA) is 38.9 Å². The lowest BCUT2D eigenvalue weighted by Crippen LogP contribution is -1.90. The number of halogens is 1.